The highest BCUT2D eigenvalue weighted by Crippen LogP contribution is 2.33. The highest BCUT2D eigenvalue weighted by atomic mass is 32.1. The van der Waals surface area contributed by atoms with Crippen molar-refractivity contribution in [2.75, 3.05) is 57.1 Å². The van der Waals surface area contributed by atoms with Gasteiger partial charge in [-0.05, 0) is 56.7 Å². The Morgan fingerprint density at radius 3 is 1.43 bits per heavy atom. The van der Waals surface area contributed by atoms with Gasteiger partial charge in [0.2, 0.25) is 10.9 Å². The van der Waals surface area contributed by atoms with Crippen molar-refractivity contribution in [1.82, 2.24) is 5.32 Å². The van der Waals surface area contributed by atoms with Crippen LogP contribution in [-0.2, 0) is 10.8 Å². The molecule has 0 saturated carbocycles. The van der Waals surface area contributed by atoms with Gasteiger partial charge in [-0.25, -0.2) is 0 Å². The van der Waals surface area contributed by atoms with Crippen molar-refractivity contribution < 1.29 is 0 Å². The topological polar surface area (TPSA) is 78.7 Å². The Morgan fingerprint density at radius 1 is 0.743 bits per heavy atom. The third-order valence-electron chi connectivity index (χ3n) is 6.15. The molecule has 0 bridgehead atoms. The van der Waals surface area contributed by atoms with Gasteiger partial charge in [-0.3, -0.25) is 9.59 Å². The van der Waals surface area contributed by atoms with Gasteiger partial charge >= 0.3 is 0 Å². The molecule has 0 radical (unpaired) electrons. The van der Waals surface area contributed by atoms with E-state index in [1.165, 1.54) is 0 Å². The van der Waals surface area contributed by atoms with Crippen LogP contribution in [0.4, 0.5) is 11.4 Å². The summed E-state index contributed by atoms with van der Waals surface area (Å²) >= 11 is 10.3. The maximum atomic E-state index is 11.9. The van der Waals surface area contributed by atoms with Gasteiger partial charge in [0.15, 0.2) is 0 Å². The van der Waals surface area contributed by atoms with Crippen LogP contribution < -0.4 is 31.7 Å². The molecule has 2 aromatic carbocycles. The molecule has 0 fully saturated rings. The van der Waals surface area contributed by atoms with E-state index < -0.39 is 0 Å². The zero-order valence-corrected chi connectivity index (χ0v) is 24.9. The average molecular weight is 523 g/mol. The zero-order valence-electron chi connectivity index (χ0n) is 23.3. The standard InChI is InChI=1S/C14H24N2OS.C13H22N2OS/c1-14(2,3)10-11(12(17)13(10)18)16(5)9-7-6-8-15-4;1-13(2,3)9-10(11(16)12(9)17)15(4)8-6-5-7-14/h15H,6-9H2,1-5H3;5-8,14H2,1-4H3. The molecule has 2 rings (SSSR count). The van der Waals surface area contributed by atoms with Gasteiger partial charge in [0, 0.05) is 38.3 Å². The van der Waals surface area contributed by atoms with Crippen LogP contribution in [0.25, 0.3) is 0 Å². The molecule has 3 N–H and O–H groups in total. The molecule has 198 valence electrons. The minimum atomic E-state index is -0.0531. The lowest BCUT2D eigenvalue weighted by Crippen LogP contribution is -2.35. The fraction of sp³-hybridized carbons (Fsp3) is 0.704. The summed E-state index contributed by atoms with van der Waals surface area (Å²) in [5.41, 5.74) is 9.17. The van der Waals surface area contributed by atoms with E-state index in [0.29, 0.717) is 15.6 Å². The highest BCUT2D eigenvalue weighted by Gasteiger charge is 2.30. The van der Waals surface area contributed by atoms with Crippen molar-refractivity contribution in [3.8, 4) is 0 Å². The van der Waals surface area contributed by atoms with Crippen molar-refractivity contribution in [1.29, 1.82) is 0 Å². The van der Waals surface area contributed by atoms with E-state index in [-0.39, 0.29) is 21.7 Å². The van der Waals surface area contributed by atoms with Crippen LogP contribution in [0.3, 0.4) is 0 Å². The fourth-order valence-corrected chi connectivity index (χ4v) is 5.25. The second kappa shape index (κ2) is 13.2. The van der Waals surface area contributed by atoms with Crippen molar-refractivity contribution in [3.05, 3.63) is 40.6 Å². The number of anilines is 2. The molecule has 0 amide bonds. The molecule has 0 aliphatic carbocycles. The molecule has 0 unspecified atom stereocenters. The quantitative estimate of drug-likeness (QED) is 0.330. The van der Waals surface area contributed by atoms with Crippen molar-refractivity contribution in [3.63, 3.8) is 0 Å². The molecule has 8 heteroatoms. The minimum absolute atomic E-state index is 0.0279. The van der Waals surface area contributed by atoms with Crippen LogP contribution in [0.15, 0.2) is 9.59 Å². The number of nitrogens with one attached hydrogen (secondary N) is 1. The largest absolute Gasteiger partial charge is 0.371 e. The summed E-state index contributed by atoms with van der Waals surface area (Å²) in [4.78, 5) is 27.8. The molecular formula is C27H46N4O2S2. The highest BCUT2D eigenvalue weighted by molar-refractivity contribution is 7.71. The van der Waals surface area contributed by atoms with Crippen LogP contribution >= 0.6 is 24.4 Å². The molecule has 0 saturated heterocycles. The summed E-state index contributed by atoms with van der Waals surface area (Å²) in [6.07, 6.45) is 4.20. The molecule has 0 aliphatic heterocycles. The summed E-state index contributed by atoms with van der Waals surface area (Å²) < 4.78 is 1.04. The first-order valence-electron chi connectivity index (χ1n) is 12.6. The maximum Gasteiger partial charge on any atom is 0.220 e. The van der Waals surface area contributed by atoms with Crippen LogP contribution in [0, 0.1) is 9.02 Å². The van der Waals surface area contributed by atoms with Crippen molar-refractivity contribution in [2.45, 2.75) is 78.1 Å². The first kappa shape index (κ1) is 31.5. The van der Waals surface area contributed by atoms with E-state index in [1.807, 2.05) is 26.0 Å². The van der Waals surface area contributed by atoms with Gasteiger partial charge in [-0.15, -0.1) is 0 Å². The summed E-state index contributed by atoms with van der Waals surface area (Å²) in [6, 6.07) is 0. The molecule has 0 aliphatic rings. The lowest BCUT2D eigenvalue weighted by atomic mass is 9.82. The number of hydrogen-bond donors (Lipinski definition) is 2. The number of rotatable bonds is 11. The molecule has 0 heterocycles. The Balaban J connectivity index is 0.000000351. The van der Waals surface area contributed by atoms with E-state index in [4.69, 9.17) is 30.2 Å². The fourth-order valence-electron chi connectivity index (χ4n) is 4.25. The summed E-state index contributed by atoms with van der Waals surface area (Å²) in [7, 11) is 5.90. The molecule has 35 heavy (non-hydrogen) atoms. The minimum Gasteiger partial charge on any atom is -0.371 e. The predicted octanol–water partition coefficient (Wildman–Crippen LogP) is 4.51. The molecule has 6 nitrogen and oxygen atoms in total. The van der Waals surface area contributed by atoms with Gasteiger partial charge in [0.05, 0.1) is 20.4 Å². The third kappa shape index (κ3) is 8.00. The lowest BCUT2D eigenvalue weighted by molar-refractivity contribution is 0.577. The first-order chi connectivity index (χ1) is 16.1. The van der Waals surface area contributed by atoms with Gasteiger partial charge in [-0.2, -0.15) is 0 Å². The Bertz CT molecular complexity index is 1100. The third-order valence-corrected chi connectivity index (χ3v) is 6.93. The van der Waals surface area contributed by atoms with Crippen LogP contribution in [0.1, 0.15) is 78.4 Å². The molecule has 0 aromatic heterocycles. The van der Waals surface area contributed by atoms with Crippen LogP contribution in [0.2, 0.25) is 0 Å². The number of nitrogens with two attached hydrogens (primary N) is 1. The molecule has 0 atom stereocenters. The van der Waals surface area contributed by atoms with E-state index in [9.17, 15) is 9.59 Å². The predicted molar refractivity (Wildman–Crippen MR) is 157 cm³/mol. The molecular weight excluding hydrogens is 476 g/mol. The summed E-state index contributed by atoms with van der Waals surface area (Å²) in [5, 5.41) is 3.13. The second-order valence-electron chi connectivity index (χ2n) is 11.4. The Kier molecular flexibility index (Phi) is 11.9. The van der Waals surface area contributed by atoms with Gasteiger partial charge < -0.3 is 20.9 Å². The smallest absolute Gasteiger partial charge is 0.220 e. The summed E-state index contributed by atoms with van der Waals surface area (Å²) in [5.74, 6) is 0. The Morgan fingerprint density at radius 2 is 1.11 bits per heavy atom. The maximum absolute atomic E-state index is 11.9. The van der Waals surface area contributed by atoms with E-state index in [0.717, 1.165) is 67.8 Å². The normalized spacial score (nSPS) is 12.1. The zero-order chi connectivity index (χ0) is 27.1. The van der Waals surface area contributed by atoms with Crippen molar-refractivity contribution in [2.24, 2.45) is 5.73 Å². The number of hydrogen-bond acceptors (Lipinski definition) is 8. The van der Waals surface area contributed by atoms with E-state index in [2.05, 4.69) is 51.8 Å². The summed E-state index contributed by atoms with van der Waals surface area (Å²) in [6.45, 7) is 16.1. The molecule has 0 spiro atoms. The van der Waals surface area contributed by atoms with Crippen molar-refractivity contribution >= 4 is 35.8 Å². The number of unbranched alkanes of at least 4 members (excludes halogenated alkanes) is 2. The monoisotopic (exact) mass is 522 g/mol. The second-order valence-corrected chi connectivity index (χ2v) is 12.2. The lowest BCUT2D eigenvalue weighted by Gasteiger charge is -2.30. The van der Waals surface area contributed by atoms with E-state index >= 15 is 0 Å². The van der Waals surface area contributed by atoms with Gasteiger partial charge in [-0.1, -0.05) is 66.0 Å². The average Bonchev–Trinajstić information content (AvgIpc) is 2.75. The molecule has 2 aromatic rings. The number of nitrogens with zero attached hydrogens (tertiary/aromatic N) is 2. The Labute approximate surface area is 222 Å². The van der Waals surface area contributed by atoms with Crippen LogP contribution in [-0.4, -0.2) is 47.3 Å². The SMILES string of the molecule is CN(CCCCN)c1c(C(C)(C)C)c(=S)c1=O.CNCCCCN(C)c1c(C(C)(C)C)c(=S)c1=O. The van der Waals surface area contributed by atoms with Crippen LogP contribution in [0.5, 0.6) is 0 Å². The first-order valence-corrected chi connectivity index (χ1v) is 13.4. The Hall–Kier alpha value is -1.48. The van der Waals surface area contributed by atoms with E-state index in [1.54, 1.807) is 0 Å². The van der Waals surface area contributed by atoms with Gasteiger partial charge in [0.1, 0.15) is 0 Å². The van der Waals surface area contributed by atoms with Gasteiger partial charge in [0.25, 0.3) is 0 Å².